The second kappa shape index (κ2) is 8.86. The number of nitrogens with zero attached hydrogens (tertiary/aromatic N) is 2. The number of fused-ring (bicyclic) bond motifs is 9. The number of para-hydroxylation sites is 4. The van der Waals surface area contributed by atoms with Gasteiger partial charge in [0, 0.05) is 33.2 Å². The summed E-state index contributed by atoms with van der Waals surface area (Å²) in [6.07, 6.45) is 1.34. The lowest BCUT2D eigenvalue weighted by atomic mass is 9.75. The van der Waals surface area contributed by atoms with Gasteiger partial charge >= 0.3 is 0 Å². The second-order valence-corrected chi connectivity index (χ2v) is 18.0. The van der Waals surface area contributed by atoms with Crippen LogP contribution in [-0.4, -0.2) is 12.6 Å². The molecule has 2 nitrogen and oxygen atoms in total. The zero-order valence-electron chi connectivity index (χ0n) is 25.7. The average Bonchev–Trinajstić information content (AvgIpc) is 3.40. The van der Waals surface area contributed by atoms with Gasteiger partial charge in [0.25, 0.3) is 0 Å². The monoisotopic (exact) mass is 594 g/mol. The summed E-state index contributed by atoms with van der Waals surface area (Å²) in [4.78, 5) is 2.53. The summed E-state index contributed by atoms with van der Waals surface area (Å²) < 4.78 is 2.51. The number of anilines is 3. The van der Waals surface area contributed by atoms with Crippen molar-refractivity contribution in [2.45, 2.75) is 37.8 Å². The molecule has 6 aromatic carbocycles. The first-order chi connectivity index (χ1) is 22.1. The zero-order valence-corrected chi connectivity index (χ0v) is 26.7. The standard InChI is InChI=1S/C42H34N2Si/c1-42(2)33-15-6-7-17-36(33)44-35-22-20-28(26-32(35)31-14-10-16-34(42)41(31)44)29-21-23-40-38(27-29)43(30-12-4-3-5-13-30)37-18-8-9-19-39(37)45(40)24-11-25-45/h3-10,12-23,26-27H,11,24-25H2,1-2H3. The van der Waals surface area contributed by atoms with Crippen molar-refractivity contribution in [3.8, 4) is 16.8 Å². The Hall–Kier alpha value is -4.86. The molecule has 0 saturated carbocycles. The Morgan fingerprint density at radius 1 is 0.556 bits per heavy atom. The molecule has 0 atom stereocenters. The van der Waals surface area contributed by atoms with Crippen LogP contribution in [0.25, 0.3) is 38.6 Å². The molecule has 10 rings (SSSR count). The Labute approximate surface area is 265 Å². The Balaban J connectivity index is 1.21. The van der Waals surface area contributed by atoms with Crippen LogP contribution in [0.1, 0.15) is 31.4 Å². The second-order valence-electron chi connectivity index (χ2n) is 13.8. The third-order valence-electron chi connectivity index (χ3n) is 11.2. The third-order valence-corrected chi connectivity index (χ3v) is 16.6. The van der Waals surface area contributed by atoms with Crippen molar-refractivity contribution in [2.75, 3.05) is 4.90 Å². The first kappa shape index (κ1) is 25.5. The molecule has 7 aromatic rings. The van der Waals surface area contributed by atoms with E-state index in [2.05, 4.69) is 157 Å². The van der Waals surface area contributed by atoms with Gasteiger partial charge in [-0.15, -0.1) is 0 Å². The maximum atomic E-state index is 2.53. The maximum absolute atomic E-state index is 2.53. The van der Waals surface area contributed by atoms with Crippen LogP contribution in [0.2, 0.25) is 12.1 Å². The smallest absolute Gasteiger partial charge is 0.123 e. The molecule has 3 heteroatoms. The molecule has 0 radical (unpaired) electrons. The van der Waals surface area contributed by atoms with E-state index in [-0.39, 0.29) is 5.41 Å². The van der Waals surface area contributed by atoms with Crippen LogP contribution in [0.3, 0.4) is 0 Å². The molecule has 0 bridgehead atoms. The molecule has 45 heavy (non-hydrogen) atoms. The van der Waals surface area contributed by atoms with Crippen LogP contribution < -0.4 is 15.3 Å². The van der Waals surface area contributed by atoms with E-state index < -0.39 is 8.07 Å². The van der Waals surface area contributed by atoms with Crippen molar-refractivity contribution in [3.63, 3.8) is 0 Å². The fourth-order valence-corrected chi connectivity index (χ4v) is 13.5. The molecule has 0 unspecified atom stereocenters. The van der Waals surface area contributed by atoms with E-state index in [1.54, 1.807) is 10.4 Å². The molecule has 0 N–H and O–H groups in total. The minimum absolute atomic E-state index is 0.0552. The van der Waals surface area contributed by atoms with Crippen LogP contribution >= 0.6 is 0 Å². The minimum Gasteiger partial charge on any atom is -0.311 e. The van der Waals surface area contributed by atoms with E-state index in [4.69, 9.17) is 0 Å². The number of aromatic nitrogens is 1. The van der Waals surface area contributed by atoms with Gasteiger partial charge in [-0.2, -0.15) is 0 Å². The lowest BCUT2D eigenvalue weighted by molar-refractivity contribution is 0.630. The predicted molar refractivity (Wildman–Crippen MR) is 192 cm³/mol. The summed E-state index contributed by atoms with van der Waals surface area (Å²) in [7, 11) is -1.74. The number of hydrogen-bond donors (Lipinski definition) is 0. The third kappa shape index (κ3) is 3.24. The van der Waals surface area contributed by atoms with Gasteiger partial charge in [-0.3, -0.25) is 0 Å². The van der Waals surface area contributed by atoms with Gasteiger partial charge in [0.2, 0.25) is 0 Å². The molecule has 0 amide bonds. The van der Waals surface area contributed by atoms with Crippen LogP contribution in [-0.2, 0) is 5.41 Å². The molecule has 3 aliphatic rings. The SMILES string of the molecule is CC1(C)c2ccccc2-n2c3ccc(-c4ccc5c(c4)N(c4ccccc4)c4ccccc4[Si]54CCC4)cc3c3cccc1c32. The largest absolute Gasteiger partial charge is 0.311 e. The van der Waals surface area contributed by atoms with Crippen molar-refractivity contribution in [2.24, 2.45) is 0 Å². The minimum atomic E-state index is -1.74. The van der Waals surface area contributed by atoms with Gasteiger partial charge in [-0.25, -0.2) is 0 Å². The van der Waals surface area contributed by atoms with Gasteiger partial charge < -0.3 is 9.47 Å². The van der Waals surface area contributed by atoms with E-state index >= 15 is 0 Å². The summed E-state index contributed by atoms with van der Waals surface area (Å²) in [5, 5.41) is 5.88. The van der Waals surface area contributed by atoms with Crippen LogP contribution in [0.15, 0.2) is 133 Å². The van der Waals surface area contributed by atoms with Crippen molar-refractivity contribution < 1.29 is 0 Å². The van der Waals surface area contributed by atoms with Crippen molar-refractivity contribution >= 4 is 57.3 Å². The quantitative estimate of drug-likeness (QED) is 0.181. The van der Waals surface area contributed by atoms with E-state index in [1.165, 1.54) is 85.3 Å². The average molecular weight is 595 g/mol. The Morgan fingerprint density at radius 2 is 1.24 bits per heavy atom. The van der Waals surface area contributed by atoms with Crippen molar-refractivity contribution in [3.05, 3.63) is 145 Å². The number of rotatable bonds is 2. The van der Waals surface area contributed by atoms with Gasteiger partial charge in [0.15, 0.2) is 0 Å². The highest BCUT2D eigenvalue weighted by atomic mass is 28.3. The zero-order chi connectivity index (χ0) is 29.9. The lowest BCUT2D eigenvalue weighted by Crippen LogP contribution is -2.66. The van der Waals surface area contributed by atoms with Crippen molar-refractivity contribution in [1.29, 1.82) is 0 Å². The maximum Gasteiger partial charge on any atom is 0.123 e. The Bertz CT molecular complexity index is 2340. The number of hydrogen-bond acceptors (Lipinski definition) is 1. The highest BCUT2D eigenvalue weighted by Gasteiger charge is 2.49. The molecule has 1 fully saturated rings. The fourth-order valence-electron chi connectivity index (χ4n) is 8.92. The Morgan fingerprint density at radius 3 is 2.07 bits per heavy atom. The summed E-state index contributed by atoms with van der Waals surface area (Å²) >= 11 is 0. The summed E-state index contributed by atoms with van der Waals surface area (Å²) in [5.74, 6) is 0. The van der Waals surface area contributed by atoms with Gasteiger partial charge in [-0.05, 0) is 87.2 Å². The molecule has 216 valence electrons. The Kier molecular flexibility index (Phi) is 5.02. The first-order valence-corrected chi connectivity index (χ1v) is 18.7. The molecule has 0 aliphatic carbocycles. The summed E-state index contributed by atoms with van der Waals surface area (Å²) in [6.45, 7) is 4.74. The van der Waals surface area contributed by atoms with Crippen LogP contribution in [0.4, 0.5) is 17.1 Å². The molecule has 1 saturated heterocycles. The van der Waals surface area contributed by atoms with Crippen LogP contribution in [0.5, 0.6) is 0 Å². The van der Waals surface area contributed by atoms with E-state index in [9.17, 15) is 0 Å². The summed E-state index contributed by atoms with van der Waals surface area (Å²) in [5.41, 5.74) is 13.2. The van der Waals surface area contributed by atoms with Gasteiger partial charge in [-0.1, -0.05) is 111 Å². The van der Waals surface area contributed by atoms with E-state index in [0.717, 1.165) is 0 Å². The molecule has 1 spiro atoms. The molecule has 1 aromatic heterocycles. The molecule has 4 heterocycles. The molecular formula is C42H34N2Si. The first-order valence-electron chi connectivity index (χ1n) is 16.3. The molecule has 3 aliphatic heterocycles. The summed E-state index contributed by atoms with van der Waals surface area (Å²) in [6, 6.07) is 53.3. The van der Waals surface area contributed by atoms with Gasteiger partial charge in [0.1, 0.15) is 8.07 Å². The van der Waals surface area contributed by atoms with Crippen molar-refractivity contribution in [1.82, 2.24) is 4.57 Å². The van der Waals surface area contributed by atoms with E-state index in [0.29, 0.717) is 0 Å². The molecular weight excluding hydrogens is 561 g/mol. The predicted octanol–water partition coefficient (Wildman–Crippen LogP) is 9.84. The number of benzene rings is 6. The topological polar surface area (TPSA) is 8.17 Å². The van der Waals surface area contributed by atoms with Crippen LogP contribution in [0, 0.1) is 0 Å². The van der Waals surface area contributed by atoms with Gasteiger partial charge in [0.05, 0.1) is 16.7 Å². The fraction of sp³-hybridized carbons (Fsp3) is 0.143. The highest BCUT2D eigenvalue weighted by molar-refractivity contribution is 7.06. The normalized spacial score (nSPS) is 16.7. The lowest BCUT2D eigenvalue weighted by Gasteiger charge is -2.49. The highest BCUT2D eigenvalue weighted by Crippen LogP contribution is 2.49. The van der Waals surface area contributed by atoms with E-state index in [1.807, 2.05) is 0 Å².